The number of amides is 1. The molecule has 1 aliphatic heterocycles. The fourth-order valence-electron chi connectivity index (χ4n) is 4.34. The normalized spacial score (nSPS) is 16.0. The number of hydrogen-bond donors (Lipinski definition) is 0. The van der Waals surface area contributed by atoms with E-state index in [9.17, 15) is 9.59 Å². The molecule has 0 aromatic carbocycles. The summed E-state index contributed by atoms with van der Waals surface area (Å²) in [6.07, 6.45) is 8.06. The molecular weight excluding hydrogens is 416 g/mol. The fourth-order valence-corrected chi connectivity index (χ4v) is 4.34. The summed E-state index contributed by atoms with van der Waals surface area (Å²) in [7, 11) is 5.49. The van der Waals surface area contributed by atoms with Gasteiger partial charge in [-0.3, -0.25) is 14.6 Å². The van der Waals surface area contributed by atoms with Gasteiger partial charge in [0.25, 0.3) is 11.5 Å². The summed E-state index contributed by atoms with van der Waals surface area (Å²) in [5.41, 5.74) is 4.44. The minimum Gasteiger partial charge on any atom is -0.347 e. The Morgan fingerprint density at radius 2 is 1.88 bits per heavy atom. The van der Waals surface area contributed by atoms with E-state index >= 15 is 0 Å². The highest BCUT2D eigenvalue weighted by Crippen LogP contribution is 2.37. The Kier molecular flexibility index (Phi) is 6.26. The van der Waals surface area contributed by atoms with Crippen LogP contribution in [-0.4, -0.2) is 51.0 Å². The molecule has 0 N–H and O–H groups in total. The number of aromatic nitrogens is 4. The van der Waals surface area contributed by atoms with Crippen LogP contribution in [0.4, 0.5) is 5.95 Å². The first-order valence-electron chi connectivity index (χ1n) is 11.2. The Morgan fingerprint density at radius 3 is 2.61 bits per heavy atom. The van der Waals surface area contributed by atoms with Crippen LogP contribution in [0.3, 0.4) is 0 Å². The molecule has 0 saturated carbocycles. The first-order chi connectivity index (χ1) is 15.8. The van der Waals surface area contributed by atoms with E-state index in [-0.39, 0.29) is 23.1 Å². The number of carbonyl (C=O) groups excluding carboxylic acids is 1. The Bertz CT molecular complexity index is 1250. The van der Waals surface area contributed by atoms with Gasteiger partial charge in [-0.15, -0.1) is 0 Å². The third-order valence-electron chi connectivity index (χ3n) is 6.38. The van der Waals surface area contributed by atoms with Gasteiger partial charge < -0.3 is 14.4 Å². The average molecular weight is 447 g/mol. The minimum absolute atomic E-state index is 0.193. The Morgan fingerprint density at radius 1 is 1.09 bits per heavy atom. The Labute approximate surface area is 193 Å². The number of piperidine rings is 1. The largest absolute Gasteiger partial charge is 0.347 e. The highest BCUT2D eigenvalue weighted by Gasteiger charge is 2.33. The lowest BCUT2D eigenvalue weighted by Gasteiger charge is -2.36. The molecule has 0 radical (unpaired) electrons. The predicted molar refractivity (Wildman–Crippen MR) is 128 cm³/mol. The molecule has 172 valence electrons. The summed E-state index contributed by atoms with van der Waals surface area (Å²) in [4.78, 5) is 43.9. The molecule has 1 fully saturated rings. The summed E-state index contributed by atoms with van der Waals surface area (Å²) in [5.74, 6) is 0.340. The zero-order valence-electron chi connectivity index (χ0n) is 19.9. The molecule has 0 aliphatic carbocycles. The second kappa shape index (κ2) is 9.13. The van der Waals surface area contributed by atoms with Crippen molar-refractivity contribution >= 4 is 11.9 Å². The van der Waals surface area contributed by atoms with E-state index in [4.69, 9.17) is 4.98 Å². The number of hydrogen-bond acceptors (Lipinski definition) is 6. The van der Waals surface area contributed by atoms with E-state index in [0.717, 1.165) is 47.3 Å². The quantitative estimate of drug-likeness (QED) is 0.612. The van der Waals surface area contributed by atoms with Crippen molar-refractivity contribution in [3.8, 4) is 11.1 Å². The van der Waals surface area contributed by atoms with Gasteiger partial charge in [0.05, 0.1) is 11.7 Å². The first kappa shape index (κ1) is 22.6. The summed E-state index contributed by atoms with van der Waals surface area (Å²) >= 11 is 0. The standard InChI is InChI=1S/C25H30N6O2/c1-16-14-26-12-11-18(16)20-15-27-25(29(3)4)28-22(20)21-8-6-7-13-31(21)24(33)19-10-9-17(2)30(5)23(19)32/h9-12,14-15,21H,6-8,13H2,1-5H3/t21-/m0/s1. The topological polar surface area (TPSA) is 84.2 Å². The highest BCUT2D eigenvalue weighted by molar-refractivity contribution is 5.94. The lowest BCUT2D eigenvalue weighted by Crippen LogP contribution is -2.42. The van der Waals surface area contributed by atoms with Crippen molar-refractivity contribution in [3.63, 3.8) is 0 Å². The summed E-state index contributed by atoms with van der Waals surface area (Å²) in [6, 6.07) is 5.16. The van der Waals surface area contributed by atoms with Crippen LogP contribution in [0, 0.1) is 13.8 Å². The number of carbonyl (C=O) groups is 1. The van der Waals surface area contributed by atoms with E-state index in [1.54, 1.807) is 19.3 Å². The van der Waals surface area contributed by atoms with Crippen molar-refractivity contribution in [3.05, 3.63) is 69.7 Å². The van der Waals surface area contributed by atoms with Gasteiger partial charge >= 0.3 is 0 Å². The summed E-state index contributed by atoms with van der Waals surface area (Å²) < 4.78 is 1.52. The molecule has 1 amide bonds. The lowest BCUT2D eigenvalue weighted by molar-refractivity contribution is 0.0604. The smallest absolute Gasteiger partial charge is 0.263 e. The maximum atomic E-state index is 13.7. The molecule has 3 aromatic heterocycles. The minimum atomic E-state index is -0.272. The van der Waals surface area contributed by atoms with E-state index in [2.05, 4.69) is 9.97 Å². The maximum absolute atomic E-state index is 13.7. The number of rotatable bonds is 4. The number of likely N-dealkylation sites (tertiary alicyclic amines) is 1. The monoisotopic (exact) mass is 446 g/mol. The van der Waals surface area contributed by atoms with Crippen molar-refractivity contribution in [1.29, 1.82) is 0 Å². The first-order valence-corrected chi connectivity index (χ1v) is 11.2. The van der Waals surface area contributed by atoms with Gasteiger partial charge in [0, 0.05) is 57.5 Å². The van der Waals surface area contributed by atoms with Gasteiger partial charge in [0.1, 0.15) is 5.56 Å². The molecule has 33 heavy (non-hydrogen) atoms. The molecule has 0 spiro atoms. The van der Waals surface area contributed by atoms with Gasteiger partial charge in [-0.25, -0.2) is 9.97 Å². The summed E-state index contributed by atoms with van der Waals surface area (Å²) in [6.45, 7) is 4.44. The zero-order valence-corrected chi connectivity index (χ0v) is 19.9. The van der Waals surface area contributed by atoms with E-state index in [1.165, 1.54) is 4.57 Å². The lowest BCUT2D eigenvalue weighted by atomic mass is 9.92. The molecule has 8 nitrogen and oxygen atoms in total. The van der Waals surface area contributed by atoms with Gasteiger partial charge in [-0.1, -0.05) is 0 Å². The predicted octanol–water partition coefficient (Wildman–Crippen LogP) is 3.29. The number of anilines is 1. The zero-order chi connectivity index (χ0) is 23.7. The highest BCUT2D eigenvalue weighted by atomic mass is 16.2. The molecule has 4 rings (SSSR count). The van der Waals surface area contributed by atoms with Crippen molar-refractivity contribution in [2.24, 2.45) is 7.05 Å². The van der Waals surface area contributed by atoms with Gasteiger partial charge in [0.2, 0.25) is 5.95 Å². The Balaban J connectivity index is 1.85. The van der Waals surface area contributed by atoms with Crippen LogP contribution in [-0.2, 0) is 7.05 Å². The SMILES string of the molecule is Cc1cnccc1-c1cnc(N(C)C)nc1[C@@H]1CCCCN1C(=O)c1ccc(C)n(C)c1=O. The molecule has 1 saturated heterocycles. The van der Waals surface area contributed by atoms with Crippen molar-refractivity contribution < 1.29 is 4.79 Å². The number of aryl methyl sites for hydroxylation is 2. The van der Waals surface area contributed by atoms with Crippen molar-refractivity contribution in [2.75, 3.05) is 25.5 Å². The fraction of sp³-hybridized carbons (Fsp3) is 0.400. The van der Waals surface area contributed by atoms with Crippen LogP contribution in [0.2, 0.25) is 0 Å². The van der Waals surface area contributed by atoms with Crippen molar-refractivity contribution in [2.45, 2.75) is 39.2 Å². The molecule has 0 unspecified atom stereocenters. The van der Waals surface area contributed by atoms with Gasteiger partial charge in [-0.2, -0.15) is 0 Å². The average Bonchev–Trinajstić information content (AvgIpc) is 2.82. The number of pyridine rings is 2. The Hall–Kier alpha value is -3.55. The summed E-state index contributed by atoms with van der Waals surface area (Å²) in [5, 5.41) is 0. The van der Waals surface area contributed by atoms with Crippen LogP contribution in [0.1, 0.15) is 52.6 Å². The van der Waals surface area contributed by atoms with Gasteiger partial charge in [-0.05, 0) is 62.4 Å². The van der Waals surface area contributed by atoms with Crippen LogP contribution < -0.4 is 10.5 Å². The molecule has 8 heteroatoms. The number of nitrogens with zero attached hydrogens (tertiary/aromatic N) is 6. The van der Waals surface area contributed by atoms with E-state index in [1.807, 2.05) is 62.3 Å². The molecule has 4 heterocycles. The molecule has 1 aliphatic rings. The van der Waals surface area contributed by atoms with E-state index < -0.39 is 0 Å². The van der Waals surface area contributed by atoms with Crippen LogP contribution in [0.5, 0.6) is 0 Å². The van der Waals surface area contributed by atoms with Crippen molar-refractivity contribution in [1.82, 2.24) is 24.4 Å². The van der Waals surface area contributed by atoms with Crippen LogP contribution >= 0.6 is 0 Å². The molecular formula is C25H30N6O2. The molecule has 1 atom stereocenters. The second-order valence-electron chi connectivity index (χ2n) is 8.82. The van der Waals surface area contributed by atoms with Crippen LogP contribution in [0.25, 0.3) is 11.1 Å². The van der Waals surface area contributed by atoms with E-state index in [0.29, 0.717) is 12.5 Å². The van der Waals surface area contributed by atoms with Gasteiger partial charge in [0.15, 0.2) is 0 Å². The molecule has 3 aromatic rings. The third kappa shape index (κ3) is 4.25. The van der Waals surface area contributed by atoms with Crippen LogP contribution in [0.15, 0.2) is 41.6 Å². The third-order valence-corrected chi connectivity index (χ3v) is 6.38. The molecule has 0 bridgehead atoms. The maximum Gasteiger partial charge on any atom is 0.263 e. The second-order valence-corrected chi connectivity index (χ2v) is 8.82.